The molecule has 3 atom stereocenters. The average Bonchev–Trinajstić information content (AvgIpc) is 2.64. The number of nitrogens with one attached hydrogen (secondary N) is 1. The number of para-hydroxylation sites is 1. The molecule has 0 aliphatic rings. The van der Waals surface area contributed by atoms with Crippen LogP contribution in [-0.4, -0.2) is 44.0 Å². The standard InChI is InChI=1S/C18H26N2O5/c1-5-11(2)16(18(23)25-4)20-17(22)13(19)10-14(21)12-8-6-7-9-15(12)24-3/h6-9,11,13,16H,5,10,19H2,1-4H3,(H,20,22)/t11-,13-,16-/m0/s1. The zero-order valence-corrected chi connectivity index (χ0v) is 15.1. The Bertz CT molecular complexity index is 617. The highest BCUT2D eigenvalue weighted by Crippen LogP contribution is 2.19. The van der Waals surface area contributed by atoms with Crippen molar-refractivity contribution in [2.75, 3.05) is 14.2 Å². The van der Waals surface area contributed by atoms with Crippen molar-refractivity contribution in [2.24, 2.45) is 11.7 Å². The Hall–Kier alpha value is -2.41. The van der Waals surface area contributed by atoms with Crippen molar-refractivity contribution < 1.29 is 23.9 Å². The van der Waals surface area contributed by atoms with Crippen molar-refractivity contribution in [1.29, 1.82) is 0 Å². The number of hydrogen-bond donors (Lipinski definition) is 2. The van der Waals surface area contributed by atoms with Gasteiger partial charge in [-0.1, -0.05) is 32.4 Å². The topological polar surface area (TPSA) is 108 Å². The van der Waals surface area contributed by atoms with Crippen LogP contribution in [0, 0.1) is 5.92 Å². The maximum absolute atomic E-state index is 12.4. The lowest BCUT2D eigenvalue weighted by molar-refractivity contribution is -0.146. The molecule has 1 aromatic rings. The second-order valence-electron chi connectivity index (χ2n) is 5.83. The molecule has 1 aromatic carbocycles. The number of rotatable bonds is 9. The number of carbonyl (C=O) groups is 3. The predicted molar refractivity (Wildman–Crippen MR) is 93.3 cm³/mol. The molecule has 3 N–H and O–H groups in total. The van der Waals surface area contributed by atoms with E-state index < -0.39 is 24.0 Å². The van der Waals surface area contributed by atoms with E-state index in [1.807, 2.05) is 13.8 Å². The van der Waals surface area contributed by atoms with E-state index in [4.69, 9.17) is 15.2 Å². The Morgan fingerprint density at radius 3 is 2.40 bits per heavy atom. The van der Waals surface area contributed by atoms with Crippen LogP contribution in [0.4, 0.5) is 0 Å². The monoisotopic (exact) mass is 350 g/mol. The molecule has 0 unspecified atom stereocenters. The Labute approximate surface area is 147 Å². The molecule has 0 saturated carbocycles. The van der Waals surface area contributed by atoms with Crippen LogP contribution in [0.3, 0.4) is 0 Å². The van der Waals surface area contributed by atoms with Crippen LogP contribution in [0.1, 0.15) is 37.0 Å². The summed E-state index contributed by atoms with van der Waals surface area (Å²) in [4.78, 5) is 36.5. The molecule has 0 spiro atoms. The number of esters is 1. The van der Waals surface area contributed by atoms with Gasteiger partial charge in [-0.3, -0.25) is 9.59 Å². The van der Waals surface area contributed by atoms with Gasteiger partial charge in [0.15, 0.2) is 5.78 Å². The third-order valence-electron chi connectivity index (χ3n) is 4.12. The molecule has 0 saturated heterocycles. The van der Waals surface area contributed by atoms with Crippen molar-refractivity contribution in [3.63, 3.8) is 0 Å². The summed E-state index contributed by atoms with van der Waals surface area (Å²) in [6, 6.07) is 4.85. The fourth-order valence-electron chi connectivity index (χ4n) is 2.33. The molecule has 1 rings (SSSR count). The van der Waals surface area contributed by atoms with Crippen molar-refractivity contribution in [3.05, 3.63) is 29.8 Å². The number of carbonyl (C=O) groups excluding carboxylic acids is 3. The van der Waals surface area contributed by atoms with Gasteiger partial charge in [0.25, 0.3) is 0 Å². The zero-order valence-electron chi connectivity index (χ0n) is 15.1. The molecule has 0 aliphatic carbocycles. The first-order valence-electron chi connectivity index (χ1n) is 8.15. The maximum atomic E-state index is 12.4. The smallest absolute Gasteiger partial charge is 0.328 e. The number of ketones is 1. The van der Waals surface area contributed by atoms with E-state index >= 15 is 0 Å². The first-order chi connectivity index (χ1) is 11.8. The Kier molecular flexibility index (Phi) is 8.07. The molecular formula is C18H26N2O5. The SMILES string of the molecule is CC[C@H](C)[C@H](NC(=O)[C@@H](N)CC(=O)c1ccccc1OC)C(=O)OC. The van der Waals surface area contributed by atoms with Crippen molar-refractivity contribution >= 4 is 17.7 Å². The van der Waals surface area contributed by atoms with Gasteiger partial charge in [-0.2, -0.15) is 0 Å². The molecule has 7 heteroatoms. The average molecular weight is 350 g/mol. The largest absolute Gasteiger partial charge is 0.496 e. The number of nitrogens with two attached hydrogens (primary N) is 1. The Morgan fingerprint density at radius 2 is 1.84 bits per heavy atom. The van der Waals surface area contributed by atoms with E-state index in [0.29, 0.717) is 17.7 Å². The van der Waals surface area contributed by atoms with Crippen LogP contribution in [0.2, 0.25) is 0 Å². The van der Waals surface area contributed by atoms with Crippen LogP contribution < -0.4 is 15.8 Å². The fraction of sp³-hybridized carbons (Fsp3) is 0.500. The van der Waals surface area contributed by atoms with Crippen LogP contribution >= 0.6 is 0 Å². The van der Waals surface area contributed by atoms with Gasteiger partial charge in [0, 0.05) is 6.42 Å². The summed E-state index contributed by atoms with van der Waals surface area (Å²) in [5, 5.41) is 2.58. The highest BCUT2D eigenvalue weighted by atomic mass is 16.5. The Balaban J connectivity index is 2.78. The van der Waals surface area contributed by atoms with Gasteiger partial charge in [-0.25, -0.2) is 4.79 Å². The molecule has 0 aromatic heterocycles. The van der Waals surface area contributed by atoms with Gasteiger partial charge in [0.1, 0.15) is 11.8 Å². The molecule has 0 fully saturated rings. The molecule has 1 amide bonds. The number of ether oxygens (including phenoxy) is 2. The molecule has 25 heavy (non-hydrogen) atoms. The lowest BCUT2D eigenvalue weighted by Gasteiger charge is -2.23. The van der Waals surface area contributed by atoms with Gasteiger partial charge in [-0.05, 0) is 18.1 Å². The van der Waals surface area contributed by atoms with Crippen LogP contribution in [0.5, 0.6) is 5.75 Å². The lowest BCUT2D eigenvalue weighted by Crippen LogP contribution is -2.51. The number of methoxy groups -OCH3 is 2. The molecule has 0 bridgehead atoms. The third-order valence-corrected chi connectivity index (χ3v) is 4.12. The van der Waals surface area contributed by atoms with Gasteiger partial charge < -0.3 is 20.5 Å². The van der Waals surface area contributed by atoms with Gasteiger partial charge in [0.2, 0.25) is 5.91 Å². The van der Waals surface area contributed by atoms with E-state index in [1.165, 1.54) is 14.2 Å². The summed E-state index contributed by atoms with van der Waals surface area (Å²) in [5.41, 5.74) is 6.21. The van der Waals surface area contributed by atoms with Crippen LogP contribution in [0.25, 0.3) is 0 Å². The number of hydrogen-bond acceptors (Lipinski definition) is 6. The molecule has 0 heterocycles. The third kappa shape index (κ3) is 5.56. The van der Waals surface area contributed by atoms with Crippen LogP contribution in [0.15, 0.2) is 24.3 Å². The summed E-state index contributed by atoms with van der Waals surface area (Å²) >= 11 is 0. The highest BCUT2D eigenvalue weighted by Gasteiger charge is 2.29. The predicted octanol–water partition coefficient (Wildman–Crippen LogP) is 1.30. The zero-order chi connectivity index (χ0) is 19.0. The minimum Gasteiger partial charge on any atom is -0.496 e. The molecule has 0 aliphatic heterocycles. The molecule has 0 radical (unpaired) electrons. The first-order valence-corrected chi connectivity index (χ1v) is 8.15. The minimum atomic E-state index is -1.08. The summed E-state index contributed by atoms with van der Waals surface area (Å²) < 4.78 is 9.86. The highest BCUT2D eigenvalue weighted by molar-refractivity contribution is 6.01. The Morgan fingerprint density at radius 1 is 1.20 bits per heavy atom. The normalized spacial score (nSPS) is 14.1. The van der Waals surface area contributed by atoms with E-state index in [0.717, 1.165) is 0 Å². The summed E-state index contributed by atoms with van der Waals surface area (Å²) in [6.07, 6.45) is 0.482. The van der Waals surface area contributed by atoms with Gasteiger partial charge >= 0.3 is 5.97 Å². The van der Waals surface area contributed by atoms with Gasteiger partial charge in [-0.15, -0.1) is 0 Å². The van der Waals surface area contributed by atoms with E-state index in [1.54, 1.807) is 24.3 Å². The van der Waals surface area contributed by atoms with Crippen molar-refractivity contribution in [2.45, 2.75) is 38.8 Å². The van der Waals surface area contributed by atoms with Crippen LogP contribution in [-0.2, 0) is 14.3 Å². The number of amides is 1. The summed E-state index contributed by atoms with van der Waals surface area (Å²) in [6.45, 7) is 3.73. The van der Waals surface area contributed by atoms with E-state index in [9.17, 15) is 14.4 Å². The van der Waals surface area contributed by atoms with E-state index in [2.05, 4.69) is 5.32 Å². The summed E-state index contributed by atoms with van der Waals surface area (Å²) in [5.74, 6) is -1.11. The fourth-order valence-corrected chi connectivity index (χ4v) is 2.33. The maximum Gasteiger partial charge on any atom is 0.328 e. The lowest BCUT2D eigenvalue weighted by atomic mass is 9.98. The second kappa shape index (κ2) is 9.78. The van der Waals surface area contributed by atoms with Gasteiger partial charge in [0.05, 0.1) is 25.8 Å². The summed E-state index contributed by atoms with van der Waals surface area (Å²) in [7, 11) is 2.72. The molecule has 138 valence electrons. The number of Topliss-reactive ketones (excluding diaryl/α,β-unsaturated/α-hetero) is 1. The quantitative estimate of drug-likeness (QED) is 0.513. The van der Waals surface area contributed by atoms with Crippen molar-refractivity contribution in [3.8, 4) is 5.75 Å². The molecule has 7 nitrogen and oxygen atoms in total. The van der Waals surface area contributed by atoms with Crippen molar-refractivity contribution in [1.82, 2.24) is 5.32 Å². The molecular weight excluding hydrogens is 324 g/mol. The first kappa shape index (κ1) is 20.6. The number of benzene rings is 1. The second-order valence-corrected chi connectivity index (χ2v) is 5.83. The van der Waals surface area contributed by atoms with E-state index in [-0.39, 0.29) is 18.1 Å². The minimum absolute atomic E-state index is 0.117.